The number of rotatable bonds is 52. The Morgan fingerprint density at radius 1 is 0.266 bits per heavy atom. The first kappa shape index (κ1) is 65.0. The molecule has 0 aliphatic heterocycles. The lowest BCUT2D eigenvalue weighted by Gasteiger charge is -2.06. The zero-order chi connectivity index (χ0) is 47.1. The summed E-state index contributed by atoms with van der Waals surface area (Å²) in [5.74, 6) is 1.74. The molecule has 0 saturated heterocycles. The highest BCUT2D eigenvalue weighted by atomic mass is 16.5. The van der Waals surface area contributed by atoms with Crippen LogP contribution in [0.25, 0.3) is 0 Å². The van der Waals surface area contributed by atoms with Gasteiger partial charge >= 0.3 is 11.9 Å². The van der Waals surface area contributed by atoms with Crippen LogP contribution in [-0.4, -0.2) is 25.2 Å². The minimum absolute atomic E-state index is 0.0166. The van der Waals surface area contributed by atoms with E-state index in [0.717, 1.165) is 37.5 Å². The average molecular weight is 906 g/mol. The molecule has 0 N–H and O–H groups in total. The number of carbonyl (C=O) groups is 2. The van der Waals surface area contributed by atoms with Crippen LogP contribution in [0.3, 0.4) is 0 Å². The molecular weight excluding hydrogens is 785 g/mol. The number of carbonyl (C=O) groups excluding carboxylic acids is 2. The van der Waals surface area contributed by atoms with E-state index in [1.165, 1.54) is 270 Å². The molecule has 0 heterocycles. The smallest absolute Gasteiger partial charge is 0.305 e. The van der Waals surface area contributed by atoms with Crippen molar-refractivity contribution in [2.45, 2.75) is 350 Å². The highest BCUT2D eigenvalue weighted by Gasteiger charge is 2.05. The SMILES string of the molecule is CCCCCCCCCCCCCCCC(=O)OCCCCCCCC(C)C.CCCCCCCCCCCCCCCC(=O)OCCCCCCCCCCCCCCCC(C)C. The Morgan fingerprint density at radius 2 is 0.453 bits per heavy atom. The van der Waals surface area contributed by atoms with Gasteiger partial charge in [-0.1, -0.05) is 311 Å². The van der Waals surface area contributed by atoms with E-state index in [0.29, 0.717) is 26.1 Å². The third-order valence-corrected chi connectivity index (χ3v) is 13.3. The van der Waals surface area contributed by atoms with Crippen LogP contribution >= 0.6 is 0 Å². The molecule has 0 amide bonds. The molecule has 0 spiro atoms. The van der Waals surface area contributed by atoms with Crippen LogP contribution in [0.1, 0.15) is 350 Å². The van der Waals surface area contributed by atoms with Crippen molar-refractivity contribution in [1.82, 2.24) is 0 Å². The lowest BCUT2D eigenvalue weighted by Crippen LogP contribution is -2.05. The number of ether oxygens (including phenoxy) is 2. The first-order chi connectivity index (χ1) is 31.3. The zero-order valence-corrected chi connectivity index (χ0v) is 45.1. The van der Waals surface area contributed by atoms with E-state index in [-0.39, 0.29) is 11.9 Å². The van der Waals surface area contributed by atoms with E-state index >= 15 is 0 Å². The molecule has 64 heavy (non-hydrogen) atoms. The third-order valence-electron chi connectivity index (χ3n) is 13.3. The molecule has 384 valence electrons. The van der Waals surface area contributed by atoms with Gasteiger partial charge in [0.2, 0.25) is 0 Å². The summed E-state index contributed by atoms with van der Waals surface area (Å²) >= 11 is 0. The van der Waals surface area contributed by atoms with Gasteiger partial charge in [0.15, 0.2) is 0 Å². The maximum Gasteiger partial charge on any atom is 0.305 e. The summed E-state index contributed by atoms with van der Waals surface area (Å²) in [5, 5.41) is 0. The van der Waals surface area contributed by atoms with Crippen LogP contribution in [0.15, 0.2) is 0 Å². The van der Waals surface area contributed by atoms with Gasteiger partial charge in [0, 0.05) is 12.8 Å². The van der Waals surface area contributed by atoms with Crippen molar-refractivity contribution in [3.8, 4) is 0 Å². The van der Waals surface area contributed by atoms with Crippen molar-refractivity contribution in [3.63, 3.8) is 0 Å². The fourth-order valence-electron chi connectivity index (χ4n) is 8.87. The second kappa shape index (κ2) is 58.1. The first-order valence-corrected chi connectivity index (χ1v) is 29.6. The number of hydrogen-bond acceptors (Lipinski definition) is 4. The van der Waals surface area contributed by atoms with Gasteiger partial charge in [-0.15, -0.1) is 0 Å². The Bertz CT molecular complexity index is 868. The predicted molar refractivity (Wildman–Crippen MR) is 285 cm³/mol. The normalized spacial score (nSPS) is 11.4. The van der Waals surface area contributed by atoms with Gasteiger partial charge in [0.25, 0.3) is 0 Å². The first-order valence-electron chi connectivity index (χ1n) is 29.6. The molecule has 4 nitrogen and oxygen atoms in total. The van der Waals surface area contributed by atoms with Crippen molar-refractivity contribution < 1.29 is 19.1 Å². The van der Waals surface area contributed by atoms with Crippen LogP contribution in [0.5, 0.6) is 0 Å². The van der Waals surface area contributed by atoms with E-state index in [1.807, 2.05) is 0 Å². The Labute approximate surface area is 404 Å². The van der Waals surface area contributed by atoms with E-state index in [9.17, 15) is 9.59 Å². The summed E-state index contributed by atoms with van der Waals surface area (Å²) in [6, 6.07) is 0. The average Bonchev–Trinajstić information content (AvgIpc) is 3.27. The van der Waals surface area contributed by atoms with Crippen molar-refractivity contribution in [2.75, 3.05) is 13.2 Å². The van der Waals surface area contributed by atoms with E-state index < -0.39 is 0 Å². The Balaban J connectivity index is 0. The van der Waals surface area contributed by atoms with Gasteiger partial charge in [0.05, 0.1) is 13.2 Å². The number of hydrogen-bond donors (Lipinski definition) is 0. The highest BCUT2D eigenvalue weighted by molar-refractivity contribution is 5.69. The predicted octanol–water partition coefficient (Wildman–Crippen LogP) is 21.1. The van der Waals surface area contributed by atoms with Crippen molar-refractivity contribution in [3.05, 3.63) is 0 Å². The summed E-state index contributed by atoms with van der Waals surface area (Å²) in [6.45, 7) is 15.1. The van der Waals surface area contributed by atoms with E-state index in [2.05, 4.69) is 41.5 Å². The molecule has 0 aliphatic rings. The minimum atomic E-state index is 0.0166. The molecule has 0 saturated carbocycles. The topological polar surface area (TPSA) is 52.6 Å². The third kappa shape index (κ3) is 63.0. The lowest BCUT2D eigenvalue weighted by molar-refractivity contribution is -0.144. The van der Waals surface area contributed by atoms with Gasteiger partial charge in [-0.05, 0) is 37.5 Å². The molecule has 0 radical (unpaired) electrons. The number of unbranched alkanes of at least 4 members (excludes halogenated alkanes) is 40. The summed E-state index contributed by atoms with van der Waals surface area (Å²) < 4.78 is 10.8. The van der Waals surface area contributed by atoms with Crippen LogP contribution < -0.4 is 0 Å². The van der Waals surface area contributed by atoms with Crippen LogP contribution in [-0.2, 0) is 19.1 Å². The molecule has 0 bridgehead atoms. The summed E-state index contributed by atoms with van der Waals surface area (Å²) in [4.78, 5) is 23.6. The van der Waals surface area contributed by atoms with Gasteiger partial charge in [0.1, 0.15) is 0 Å². The van der Waals surface area contributed by atoms with Gasteiger partial charge in [-0.3, -0.25) is 9.59 Å². The molecule has 0 aliphatic carbocycles. The van der Waals surface area contributed by atoms with Crippen molar-refractivity contribution in [2.24, 2.45) is 11.8 Å². The lowest BCUT2D eigenvalue weighted by atomic mass is 10.0. The van der Waals surface area contributed by atoms with Crippen LogP contribution in [0.4, 0.5) is 0 Å². The van der Waals surface area contributed by atoms with Crippen LogP contribution in [0.2, 0.25) is 0 Å². The Kier molecular flexibility index (Phi) is 59.0. The maximum absolute atomic E-state index is 11.9. The highest BCUT2D eigenvalue weighted by Crippen LogP contribution is 2.17. The second-order valence-electron chi connectivity index (χ2n) is 21.2. The van der Waals surface area contributed by atoms with Gasteiger partial charge < -0.3 is 9.47 Å². The molecule has 0 rings (SSSR count). The summed E-state index contributed by atoms with van der Waals surface area (Å²) in [6.07, 6.45) is 62.8. The molecule has 4 heteroatoms. The van der Waals surface area contributed by atoms with Crippen molar-refractivity contribution >= 4 is 11.9 Å². The monoisotopic (exact) mass is 905 g/mol. The fourth-order valence-corrected chi connectivity index (χ4v) is 8.87. The molecule has 0 aromatic carbocycles. The van der Waals surface area contributed by atoms with E-state index in [1.54, 1.807) is 0 Å². The molecule has 0 unspecified atom stereocenters. The zero-order valence-electron chi connectivity index (χ0n) is 45.1. The summed E-state index contributed by atoms with van der Waals surface area (Å²) in [7, 11) is 0. The van der Waals surface area contributed by atoms with Gasteiger partial charge in [-0.25, -0.2) is 0 Å². The molecule has 0 fully saturated rings. The fraction of sp³-hybridized carbons (Fsp3) is 0.967. The van der Waals surface area contributed by atoms with Gasteiger partial charge in [-0.2, -0.15) is 0 Å². The molecule has 0 aromatic heterocycles. The minimum Gasteiger partial charge on any atom is -0.466 e. The van der Waals surface area contributed by atoms with Crippen molar-refractivity contribution in [1.29, 1.82) is 0 Å². The Morgan fingerprint density at radius 3 is 0.672 bits per heavy atom. The molecule has 0 atom stereocenters. The Hall–Kier alpha value is -1.06. The maximum atomic E-state index is 11.9. The standard InChI is InChI=1S/C34H68O2.C26H52O2/c1-4-5-6-7-8-9-10-12-16-19-22-25-28-31-34(35)36-32-29-26-23-20-17-14-11-13-15-18-21-24-27-30-33(2)3;1-4-5-6-7-8-9-10-11-12-13-14-17-20-23-26(27)28-24-21-18-15-16-19-22-25(2)3/h33H,4-32H2,1-3H3;25H,4-24H2,1-3H3. The molecule has 0 aromatic rings. The quantitative estimate of drug-likeness (QED) is 0.0451. The van der Waals surface area contributed by atoms with E-state index in [4.69, 9.17) is 9.47 Å². The molecular formula is C60H120O4. The summed E-state index contributed by atoms with van der Waals surface area (Å²) in [5.41, 5.74) is 0. The number of esters is 2. The second-order valence-corrected chi connectivity index (χ2v) is 21.2. The largest absolute Gasteiger partial charge is 0.466 e. The van der Waals surface area contributed by atoms with Crippen LogP contribution in [0, 0.1) is 11.8 Å².